The highest BCUT2D eigenvalue weighted by Gasteiger charge is 2.12. The molecule has 2 aromatic rings. The van der Waals surface area contributed by atoms with Gasteiger partial charge in [-0.15, -0.1) is 0 Å². The third kappa shape index (κ3) is 2.96. The highest BCUT2D eigenvalue weighted by atomic mass is 15.2. The molecular weight excluding hydrogens is 224 g/mol. The van der Waals surface area contributed by atoms with Gasteiger partial charge in [-0.05, 0) is 31.4 Å². The first-order chi connectivity index (χ1) is 8.70. The van der Waals surface area contributed by atoms with Gasteiger partial charge in [0.15, 0.2) is 0 Å². The number of aromatic amines is 1. The van der Waals surface area contributed by atoms with E-state index in [0.717, 1.165) is 12.2 Å². The van der Waals surface area contributed by atoms with Gasteiger partial charge in [-0.3, -0.25) is 5.10 Å². The molecule has 0 fully saturated rings. The summed E-state index contributed by atoms with van der Waals surface area (Å²) in [6, 6.07) is 9.19. The molecule has 0 spiro atoms. The standard InChI is InChI=1S/C14H20N4/c1-4-12-5-7-13(8-6-12)10(2)17-11(3)14-15-9-16-18-14/h5-11,17H,4H2,1-3H3,(H,15,16,18). The average Bonchev–Trinajstić information content (AvgIpc) is 2.92. The van der Waals surface area contributed by atoms with Gasteiger partial charge in [0.1, 0.15) is 12.2 Å². The molecule has 2 unspecified atom stereocenters. The lowest BCUT2D eigenvalue weighted by Crippen LogP contribution is -2.23. The molecule has 4 nitrogen and oxygen atoms in total. The summed E-state index contributed by atoms with van der Waals surface area (Å²) >= 11 is 0. The summed E-state index contributed by atoms with van der Waals surface area (Å²) in [6.07, 6.45) is 2.62. The van der Waals surface area contributed by atoms with Crippen LogP contribution in [0.4, 0.5) is 0 Å². The molecule has 1 aromatic carbocycles. The lowest BCUT2D eigenvalue weighted by Gasteiger charge is -2.18. The quantitative estimate of drug-likeness (QED) is 0.850. The van der Waals surface area contributed by atoms with Crippen LogP contribution in [0.25, 0.3) is 0 Å². The van der Waals surface area contributed by atoms with Crippen LogP contribution in [0.3, 0.4) is 0 Å². The summed E-state index contributed by atoms with van der Waals surface area (Å²) in [5, 5.41) is 10.3. The zero-order valence-corrected chi connectivity index (χ0v) is 11.1. The molecule has 0 saturated carbocycles. The van der Waals surface area contributed by atoms with E-state index in [1.165, 1.54) is 17.5 Å². The molecule has 1 aromatic heterocycles. The second kappa shape index (κ2) is 5.78. The summed E-state index contributed by atoms with van der Waals surface area (Å²) in [5.74, 6) is 0.868. The van der Waals surface area contributed by atoms with Crippen molar-refractivity contribution in [1.29, 1.82) is 0 Å². The second-order valence-corrected chi connectivity index (χ2v) is 4.58. The molecule has 1 heterocycles. The molecule has 0 aliphatic rings. The van der Waals surface area contributed by atoms with Gasteiger partial charge in [-0.2, -0.15) is 5.10 Å². The van der Waals surface area contributed by atoms with Crippen molar-refractivity contribution in [1.82, 2.24) is 20.5 Å². The Labute approximate surface area is 108 Å². The first-order valence-electron chi connectivity index (χ1n) is 6.41. The minimum atomic E-state index is 0.161. The van der Waals surface area contributed by atoms with Crippen LogP contribution in [0.1, 0.15) is 49.8 Å². The van der Waals surface area contributed by atoms with E-state index in [2.05, 4.69) is 65.5 Å². The first kappa shape index (κ1) is 12.8. The summed E-state index contributed by atoms with van der Waals surface area (Å²) in [7, 11) is 0. The van der Waals surface area contributed by atoms with Crippen LogP contribution in [0, 0.1) is 0 Å². The van der Waals surface area contributed by atoms with Crippen molar-refractivity contribution in [3.63, 3.8) is 0 Å². The van der Waals surface area contributed by atoms with E-state index >= 15 is 0 Å². The van der Waals surface area contributed by atoms with Gasteiger partial charge >= 0.3 is 0 Å². The molecule has 2 rings (SSSR count). The zero-order chi connectivity index (χ0) is 13.0. The number of rotatable bonds is 5. The van der Waals surface area contributed by atoms with E-state index < -0.39 is 0 Å². The van der Waals surface area contributed by atoms with Gasteiger partial charge in [-0.25, -0.2) is 4.98 Å². The normalized spacial score (nSPS) is 14.4. The van der Waals surface area contributed by atoms with E-state index in [1.54, 1.807) is 0 Å². The van der Waals surface area contributed by atoms with Crippen molar-refractivity contribution >= 4 is 0 Å². The van der Waals surface area contributed by atoms with Crippen LogP contribution in [0.5, 0.6) is 0 Å². The fourth-order valence-electron chi connectivity index (χ4n) is 2.02. The number of H-pyrrole nitrogens is 1. The molecule has 0 bridgehead atoms. The molecule has 0 amide bonds. The predicted molar refractivity (Wildman–Crippen MR) is 72.2 cm³/mol. The summed E-state index contributed by atoms with van der Waals surface area (Å²) in [6.45, 7) is 6.41. The van der Waals surface area contributed by atoms with Crippen LogP contribution in [-0.4, -0.2) is 15.2 Å². The zero-order valence-electron chi connectivity index (χ0n) is 11.1. The topological polar surface area (TPSA) is 53.6 Å². The van der Waals surface area contributed by atoms with E-state index in [1.807, 2.05) is 0 Å². The molecule has 96 valence electrons. The number of aryl methyl sites for hydroxylation is 1. The van der Waals surface area contributed by atoms with Crippen molar-refractivity contribution in [2.45, 2.75) is 39.3 Å². The Balaban J connectivity index is 2.00. The molecular formula is C14H20N4. The maximum atomic E-state index is 4.16. The number of nitrogens with zero attached hydrogens (tertiary/aromatic N) is 2. The van der Waals surface area contributed by atoms with Crippen LogP contribution < -0.4 is 5.32 Å². The Morgan fingerprint density at radius 2 is 1.89 bits per heavy atom. The SMILES string of the molecule is CCc1ccc(C(C)NC(C)c2ncn[nH]2)cc1. The fourth-order valence-corrected chi connectivity index (χ4v) is 2.02. The van der Waals surface area contributed by atoms with E-state index in [9.17, 15) is 0 Å². The molecule has 0 aliphatic heterocycles. The smallest absolute Gasteiger partial charge is 0.141 e. The number of nitrogens with one attached hydrogen (secondary N) is 2. The Bertz CT molecular complexity index is 461. The monoisotopic (exact) mass is 244 g/mol. The maximum absolute atomic E-state index is 4.16. The minimum absolute atomic E-state index is 0.161. The Hall–Kier alpha value is -1.68. The average molecular weight is 244 g/mol. The van der Waals surface area contributed by atoms with Crippen molar-refractivity contribution in [3.05, 3.63) is 47.5 Å². The predicted octanol–water partition coefficient (Wildman–Crippen LogP) is 2.78. The second-order valence-electron chi connectivity index (χ2n) is 4.58. The molecule has 0 saturated heterocycles. The van der Waals surface area contributed by atoms with Gasteiger partial charge < -0.3 is 5.32 Å². The van der Waals surface area contributed by atoms with Gasteiger partial charge in [0.25, 0.3) is 0 Å². The summed E-state index contributed by atoms with van der Waals surface area (Å²) in [4.78, 5) is 4.16. The number of hydrogen-bond acceptors (Lipinski definition) is 3. The van der Waals surface area contributed by atoms with Crippen LogP contribution in [0.2, 0.25) is 0 Å². The van der Waals surface area contributed by atoms with Crippen LogP contribution in [0.15, 0.2) is 30.6 Å². The highest BCUT2D eigenvalue weighted by Crippen LogP contribution is 2.17. The van der Waals surface area contributed by atoms with Gasteiger partial charge in [0.2, 0.25) is 0 Å². The largest absolute Gasteiger partial charge is 0.301 e. The summed E-state index contributed by atoms with van der Waals surface area (Å²) < 4.78 is 0. The third-order valence-corrected chi connectivity index (χ3v) is 3.23. The number of benzene rings is 1. The van der Waals surface area contributed by atoms with Crippen molar-refractivity contribution in [3.8, 4) is 0 Å². The van der Waals surface area contributed by atoms with Crippen LogP contribution >= 0.6 is 0 Å². The lowest BCUT2D eigenvalue weighted by atomic mass is 10.0. The van der Waals surface area contributed by atoms with Gasteiger partial charge in [0, 0.05) is 6.04 Å². The third-order valence-electron chi connectivity index (χ3n) is 3.23. The van der Waals surface area contributed by atoms with E-state index in [-0.39, 0.29) is 12.1 Å². The molecule has 18 heavy (non-hydrogen) atoms. The van der Waals surface area contributed by atoms with Gasteiger partial charge in [0.05, 0.1) is 6.04 Å². The first-order valence-corrected chi connectivity index (χ1v) is 6.41. The number of hydrogen-bond donors (Lipinski definition) is 2. The minimum Gasteiger partial charge on any atom is -0.301 e. The highest BCUT2D eigenvalue weighted by molar-refractivity contribution is 5.24. The molecule has 2 atom stereocenters. The molecule has 0 aliphatic carbocycles. The fraction of sp³-hybridized carbons (Fsp3) is 0.429. The van der Waals surface area contributed by atoms with Crippen LogP contribution in [-0.2, 0) is 6.42 Å². The van der Waals surface area contributed by atoms with E-state index in [4.69, 9.17) is 0 Å². The molecule has 0 radical (unpaired) electrons. The lowest BCUT2D eigenvalue weighted by molar-refractivity contribution is 0.477. The summed E-state index contributed by atoms with van der Waals surface area (Å²) in [5.41, 5.74) is 2.66. The van der Waals surface area contributed by atoms with Gasteiger partial charge in [-0.1, -0.05) is 31.2 Å². The Morgan fingerprint density at radius 3 is 2.44 bits per heavy atom. The Kier molecular flexibility index (Phi) is 4.10. The van der Waals surface area contributed by atoms with Crippen molar-refractivity contribution < 1.29 is 0 Å². The van der Waals surface area contributed by atoms with Crippen molar-refractivity contribution in [2.24, 2.45) is 0 Å². The molecule has 4 heteroatoms. The van der Waals surface area contributed by atoms with E-state index in [0.29, 0.717) is 0 Å². The number of aromatic nitrogens is 3. The Morgan fingerprint density at radius 1 is 1.17 bits per heavy atom. The van der Waals surface area contributed by atoms with Crippen molar-refractivity contribution in [2.75, 3.05) is 0 Å². The molecule has 2 N–H and O–H groups in total. The maximum Gasteiger partial charge on any atom is 0.141 e.